The summed E-state index contributed by atoms with van der Waals surface area (Å²) in [6.07, 6.45) is 0. The van der Waals surface area contributed by atoms with E-state index in [0.29, 0.717) is 0 Å². The van der Waals surface area contributed by atoms with E-state index in [2.05, 4.69) is 254 Å². The summed E-state index contributed by atoms with van der Waals surface area (Å²) in [6, 6.07) is 91.4. The highest BCUT2D eigenvalue weighted by Gasteiger charge is 2.23. The van der Waals surface area contributed by atoms with E-state index in [1.165, 1.54) is 107 Å². The Labute approximate surface area is 397 Å². The van der Waals surface area contributed by atoms with E-state index in [4.69, 9.17) is 0 Å². The molecule has 0 radical (unpaired) electrons. The third-order valence-corrected chi connectivity index (χ3v) is 15.6. The van der Waals surface area contributed by atoms with E-state index in [9.17, 15) is 0 Å². The average Bonchev–Trinajstić information content (AvgIpc) is 3.98. The lowest BCUT2D eigenvalue weighted by Gasteiger charge is -2.27. The molecule has 0 bridgehead atoms. The van der Waals surface area contributed by atoms with Crippen molar-refractivity contribution in [2.45, 2.75) is 0 Å². The van der Waals surface area contributed by atoms with E-state index in [1.807, 2.05) is 22.7 Å². The fourth-order valence-electron chi connectivity index (χ4n) is 9.97. The first kappa shape index (κ1) is 39.3. The molecule has 1 nitrogen and oxygen atoms in total. The van der Waals surface area contributed by atoms with Gasteiger partial charge in [0.05, 0.1) is 5.69 Å². The number of fused-ring (bicyclic) bond motifs is 7. The molecule has 13 rings (SSSR count). The molecule has 314 valence electrons. The second kappa shape index (κ2) is 16.4. The van der Waals surface area contributed by atoms with Gasteiger partial charge in [-0.05, 0) is 115 Å². The van der Waals surface area contributed by atoms with E-state index >= 15 is 0 Å². The maximum absolute atomic E-state index is 2.49. The lowest BCUT2D eigenvalue weighted by atomic mass is 9.94. The van der Waals surface area contributed by atoms with Crippen LogP contribution in [0.25, 0.3) is 107 Å². The second-order valence-electron chi connectivity index (χ2n) is 17.2. The molecule has 0 saturated heterocycles. The van der Waals surface area contributed by atoms with Crippen molar-refractivity contribution >= 4 is 90.9 Å². The molecule has 67 heavy (non-hydrogen) atoms. The summed E-state index contributed by atoms with van der Waals surface area (Å²) in [5.41, 5.74) is 15.6. The third kappa shape index (κ3) is 6.99. The summed E-state index contributed by atoms with van der Waals surface area (Å²) in [5, 5.41) is 7.59. The van der Waals surface area contributed by atoms with E-state index in [0.717, 1.165) is 17.1 Å². The average molecular weight is 888 g/mol. The Morgan fingerprint density at radius 3 is 1.42 bits per heavy atom. The number of hydrogen-bond donors (Lipinski definition) is 0. The van der Waals surface area contributed by atoms with Gasteiger partial charge in [-0.3, -0.25) is 0 Å². The van der Waals surface area contributed by atoms with Gasteiger partial charge in [-0.1, -0.05) is 200 Å². The Balaban J connectivity index is 1.00. The number of anilines is 3. The van der Waals surface area contributed by atoms with E-state index < -0.39 is 0 Å². The van der Waals surface area contributed by atoms with Gasteiger partial charge in [0.15, 0.2) is 0 Å². The standard InChI is InChI=1S/C64H41NS2/c1-5-14-42(15-6-1)49-28-33-55-56-35-32-52(41-62(56)66-60(55)39-49)65(51-30-26-44(27-31-51)48-25-24-47-22-13-23-53(58(47)38-48)45-18-9-3-10-19-45)59-37-36-54(46-20-11-4-12-21-46)64-63(59)57-34-29-50(40-61(57)67-64)43-16-7-2-8-17-43/h1-41H. The molecule has 11 aromatic carbocycles. The normalized spacial score (nSPS) is 11.6. The van der Waals surface area contributed by atoms with Gasteiger partial charge in [-0.25, -0.2) is 0 Å². The molecule has 0 N–H and O–H groups in total. The van der Waals surface area contributed by atoms with Gasteiger partial charge in [0.1, 0.15) is 0 Å². The summed E-state index contributed by atoms with van der Waals surface area (Å²) in [5.74, 6) is 0. The van der Waals surface area contributed by atoms with Crippen LogP contribution in [0.15, 0.2) is 249 Å². The van der Waals surface area contributed by atoms with Crippen molar-refractivity contribution in [2.75, 3.05) is 4.90 Å². The molecule has 0 aliphatic rings. The summed E-state index contributed by atoms with van der Waals surface area (Å²) in [6.45, 7) is 0. The van der Waals surface area contributed by atoms with Gasteiger partial charge < -0.3 is 4.90 Å². The zero-order valence-electron chi connectivity index (χ0n) is 36.4. The van der Waals surface area contributed by atoms with Crippen LogP contribution in [-0.4, -0.2) is 0 Å². The minimum Gasteiger partial charge on any atom is -0.310 e. The highest BCUT2D eigenvalue weighted by Crippen LogP contribution is 2.50. The Bertz CT molecular complexity index is 3950. The first-order chi connectivity index (χ1) is 33.2. The summed E-state index contributed by atoms with van der Waals surface area (Å²) in [7, 11) is 0. The third-order valence-electron chi connectivity index (χ3n) is 13.3. The van der Waals surface area contributed by atoms with Crippen molar-refractivity contribution in [1.29, 1.82) is 0 Å². The number of thiophene rings is 2. The lowest BCUT2D eigenvalue weighted by molar-refractivity contribution is 1.31. The van der Waals surface area contributed by atoms with Crippen LogP contribution in [0.5, 0.6) is 0 Å². The van der Waals surface area contributed by atoms with Crippen LogP contribution >= 0.6 is 22.7 Å². The molecule has 0 spiro atoms. The molecule has 0 amide bonds. The monoisotopic (exact) mass is 887 g/mol. The zero-order chi connectivity index (χ0) is 44.3. The van der Waals surface area contributed by atoms with Gasteiger partial charge in [0.25, 0.3) is 0 Å². The number of rotatable bonds is 8. The fraction of sp³-hybridized carbons (Fsp3) is 0. The molecular weight excluding hydrogens is 847 g/mol. The quantitative estimate of drug-likeness (QED) is 0.147. The highest BCUT2D eigenvalue weighted by atomic mass is 32.1. The maximum Gasteiger partial charge on any atom is 0.0555 e. The Kier molecular flexibility index (Phi) is 9.63. The summed E-state index contributed by atoms with van der Waals surface area (Å²) in [4.78, 5) is 2.49. The van der Waals surface area contributed by atoms with Gasteiger partial charge in [-0.2, -0.15) is 0 Å². The molecule has 0 aliphatic carbocycles. The smallest absolute Gasteiger partial charge is 0.0555 e. The fourth-order valence-corrected chi connectivity index (χ4v) is 12.4. The van der Waals surface area contributed by atoms with Crippen molar-refractivity contribution in [1.82, 2.24) is 0 Å². The molecule has 0 unspecified atom stereocenters. The molecular formula is C64H41NS2. The van der Waals surface area contributed by atoms with Crippen LogP contribution in [0.1, 0.15) is 0 Å². The molecule has 0 saturated carbocycles. The van der Waals surface area contributed by atoms with Crippen molar-refractivity contribution in [3.8, 4) is 55.6 Å². The first-order valence-electron chi connectivity index (χ1n) is 22.8. The Morgan fingerprint density at radius 1 is 0.269 bits per heavy atom. The summed E-state index contributed by atoms with van der Waals surface area (Å²) < 4.78 is 5.12. The van der Waals surface area contributed by atoms with Crippen molar-refractivity contribution in [3.05, 3.63) is 249 Å². The van der Waals surface area contributed by atoms with Crippen LogP contribution in [0.2, 0.25) is 0 Å². The van der Waals surface area contributed by atoms with Crippen molar-refractivity contribution in [3.63, 3.8) is 0 Å². The summed E-state index contributed by atoms with van der Waals surface area (Å²) >= 11 is 3.77. The largest absolute Gasteiger partial charge is 0.310 e. The second-order valence-corrected chi connectivity index (χ2v) is 19.4. The van der Waals surface area contributed by atoms with Crippen LogP contribution in [0.4, 0.5) is 17.1 Å². The molecule has 0 aliphatic heterocycles. The van der Waals surface area contributed by atoms with Crippen LogP contribution < -0.4 is 4.90 Å². The molecule has 13 aromatic rings. The number of benzene rings is 11. The van der Waals surface area contributed by atoms with E-state index in [-0.39, 0.29) is 0 Å². The molecule has 0 atom stereocenters. The number of nitrogens with zero attached hydrogens (tertiary/aromatic N) is 1. The number of hydrogen-bond acceptors (Lipinski definition) is 3. The zero-order valence-corrected chi connectivity index (χ0v) is 38.1. The predicted octanol–water partition coefficient (Wildman–Crippen LogP) is 19.4. The van der Waals surface area contributed by atoms with Crippen molar-refractivity contribution < 1.29 is 0 Å². The molecule has 3 heteroatoms. The molecule has 2 heterocycles. The van der Waals surface area contributed by atoms with Crippen molar-refractivity contribution in [2.24, 2.45) is 0 Å². The Morgan fingerprint density at radius 2 is 0.761 bits per heavy atom. The van der Waals surface area contributed by atoms with Crippen LogP contribution in [0, 0.1) is 0 Å². The minimum absolute atomic E-state index is 1.11. The predicted molar refractivity (Wildman–Crippen MR) is 292 cm³/mol. The van der Waals surface area contributed by atoms with Gasteiger partial charge >= 0.3 is 0 Å². The highest BCUT2D eigenvalue weighted by molar-refractivity contribution is 7.26. The van der Waals surface area contributed by atoms with Gasteiger partial charge in [-0.15, -0.1) is 22.7 Å². The maximum atomic E-state index is 2.49. The molecule has 0 fully saturated rings. The van der Waals surface area contributed by atoms with Crippen LogP contribution in [0.3, 0.4) is 0 Å². The minimum atomic E-state index is 1.11. The lowest BCUT2D eigenvalue weighted by Crippen LogP contribution is -2.10. The first-order valence-corrected chi connectivity index (χ1v) is 24.4. The van der Waals surface area contributed by atoms with Crippen LogP contribution in [-0.2, 0) is 0 Å². The van der Waals surface area contributed by atoms with Gasteiger partial charge in [0, 0.05) is 51.7 Å². The van der Waals surface area contributed by atoms with Gasteiger partial charge in [0.2, 0.25) is 0 Å². The Hall–Kier alpha value is -8.08. The topological polar surface area (TPSA) is 3.24 Å². The molecule has 2 aromatic heterocycles. The SMILES string of the molecule is c1ccc(-c2ccc3c(c2)sc2cc(N(c4ccc(-c5ccc6cccc(-c7ccccc7)c6c5)cc4)c4ccc(-c5ccccc5)c5sc6cc(-c7ccccc7)ccc6c45)ccc23)cc1. The van der Waals surface area contributed by atoms with E-state index in [1.54, 1.807) is 0 Å².